The minimum atomic E-state index is -1.95. The molecule has 0 aromatic rings. The van der Waals surface area contributed by atoms with Crippen LogP contribution in [0.25, 0.3) is 0 Å². The van der Waals surface area contributed by atoms with E-state index in [4.69, 9.17) is 17.2 Å². The van der Waals surface area contributed by atoms with E-state index in [2.05, 4.69) is 31.9 Å². The maximum atomic E-state index is 13.5. The van der Waals surface area contributed by atoms with E-state index in [-0.39, 0.29) is 24.7 Å². The normalized spacial score (nSPS) is 15.7. The summed E-state index contributed by atoms with van der Waals surface area (Å²) >= 11 is 0. The second-order valence-electron chi connectivity index (χ2n) is 16.8. The van der Waals surface area contributed by atoms with Gasteiger partial charge in [-0.05, 0) is 44.4 Å². The van der Waals surface area contributed by atoms with Gasteiger partial charge in [-0.25, -0.2) is 4.79 Å². The molecule has 374 valence electrons. The van der Waals surface area contributed by atoms with Crippen molar-refractivity contribution in [1.29, 1.82) is 0 Å². The topological polar surface area (TPSA) is 460 Å². The van der Waals surface area contributed by atoms with Gasteiger partial charge >= 0.3 is 11.9 Å². The van der Waals surface area contributed by atoms with Gasteiger partial charge in [0.2, 0.25) is 59.1 Å². The van der Waals surface area contributed by atoms with Gasteiger partial charge < -0.3 is 80.2 Å². The molecule has 0 aromatic carbocycles. The summed E-state index contributed by atoms with van der Waals surface area (Å²) in [7, 11) is 0. The van der Waals surface area contributed by atoms with Crippen LogP contribution < -0.4 is 59.7 Å². The highest BCUT2D eigenvalue weighted by molar-refractivity contribution is 5.99. The Bertz CT molecular complexity index is 1780. The first-order valence-electron chi connectivity index (χ1n) is 20.9. The summed E-state index contributed by atoms with van der Waals surface area (Å²) in [6, 6.07) is -14.4. The van der Waals surface area contributed by atoms with Crippen molar-refractivity contribution in [1.82, 2.24) is 42.5 Å². The summed E-state index contributed by atoms with van der Waals surface area (Å²) in [4.78, 5) is 152. The number of nitrogens with two attached hydrogens (primary N) is 3. The summed E-state index contributed by atoms with van der Waals surface area (Å²) in [5.74, 6) is -14.9. The predicted octanol–water partition coefficient (Wildman–Crippen LogP) is -6.36. The first-order valence-corrected chi connectivity index (χ1v) is 20.9. The van der Waals surface area contributed by atoms with Crippen molar-refractivity contribution in [3.05, 3.63) is 0 Å². The zero-order valence-corrected chi connectivity index (χ0v) is 38.2. The molecule has 0 aliphatic rings. The molecular weight excluding hydrogens is 878 g/mol. The molecule has 0 saturated heterocycles. The SMILES string of the molecule is CC(C)C[C@H](NC(=O)[C@H](CO)NC(=O)[C@@H](NC(=O)[C@H](CC(N)=O)NC(=O)[C@@H](N)CC(C)C)C(C)C)C(=O)N[C@@H](C)C(=O)N[C@@H](CC(=O)O)C(=O)N[C@H](C(=O)N[C@@H](CC(N)=O)C(=O)O)[C@@H](C)O. The van der Waals surface area contributed by atoms with E-state index in [0.29, 0.717) is 0 Å². The minimum Gasteiger partial charge on any atom is -0.481 e. The number of aliphatic hydroxyl groups excluding tert-OH is 2. The van der Waals surface area contributed by atoms with Gasteiger partial charge in [0.15, 0.2) is 0 Å². The third kappa shape index (κ3) is 21.9. The monoisotopic (exact) mass is 945 g/mol. The first kappa shape index (κ1) is 59.5. The van der Waals surface area contributed by atoms with Crippen molar-refractivity contribution in [2.75, 3.05) is 6.61 Å². The Morgan fingerprint density at radius 1 is 0.455 bits per heavy atom. The number of carboxylic acid groups (broad SMARTS) is 2. The second kappa shape index (κ2) is 28.4. The van der Waals surface area contributed by atoms with Crippen molar-refractivity contribution < 1.29 is 78.0 Å². The van der Waals surface area contributed by atoms with E-state index in [9.17, 15) is 78.0 Å². The number of carbonyl (C=O) groups excluding carboxylic acids is 10. The van der Waals surface area contributed by atoms with Gasteiger partial charge in [-0.1, -0.05) is 41.5 Å². The molecule has 18 N–H and O–H groups in total. The smallest absolute Gasteiger partial charge is 0.326 e. The van der Waals surface area contributed by atoms with Gasteiger partial charge in [0.1, 0.15) is 48.3 Å². The van der Waals surface area contributed by atoms with E-state index in [1.807, 2.05) is 24.5 Å². The van der Waals surface area contributed by atoms with E-state index in [0.717, 1.165) is 13.8 Å². The number of carboxylic acids is 2. The average Bonchev–Trinajstić information content (AvgIpc) is 3.17. The summed E-state index contributed by atoms with van der Waals surface area (Å²) in [6.07, 6.45) is -4.15. The highest BCUT2D eigenvalue weighted by Gasteiger charge is 2.36. The Morgan fingerprint density at radius 3 is 1.29 bits per heavy atom. The van der Waals surface area contributed by atoms with Crippen LogP contribution in [0.4, 0.5) is 0 Å². The van der Waals surface area contributed by atoms with Crippen molar-refractivity contribution in [2.45, 2.75) is 148 Å². The third-order valence-electron chi connectivity index (χ3n) is 9.35. The highest BCUT2D eigenvalue weighted by atomic mass is 16.4. The molecule has 66 heavy (non-hydrogen) atoms. The van der Waals surface area contributed by atoms with Crippen molar-refractivity contribution >= 4 is 71.0 Å². The third-order valence-corrected chi connectivity index (χ3v) is 9.35. The number of amides is 10. The van der Waals surface area contributed by atoms with Crippen molar-refractivity contribution in [3.8, 4) is 0 Å². The number of carbonyl (C=O) groups is 12. The van der Waals surface area contributed by atoms with E-state index >= 15 is 0 Å². The fraction of sp³-hybridized carbons (Fsp3) is 0.692. The van der Waals surface area contributed by atoms with Gasteiger partial charge in [-0.3, -0.25) is 52.7 Å². The van der Waals surface area contributed by atoms with Gasteiger partial charge in [-0.2, -0.15) is 0 Å². The number of hydrogen-bond donors (Lipinski definition) is 15. The number of rotatable bonds is 30. The van der Waals surface area contributed by atoms with Crippen LogP contribution in [0.15, 0.2) is 0 Å². The Morgan fingerprint density at radius 2 is 0.848 bits per heavy atom. The average molecular weight is 946 g/mol. The molecule has 0 saturated carbocycles. The molecule has 0 heterocycles. The molecule has 10 atom stereocenters. The van der Waals surface area contributed by atoms with Crippen LogP contribution in [-0.2, 0) is 57.5 Å². The van der Waals surface area contributed by atoms with Crippen LogP contribution in [0.1, 0.15) is 87.5 Å². The van der Waals surface area contributed by atoms with Crippen LogP contribution in [0, 0.1) is 17.8 Å². The molecule has 27 nitrogen and oxygen atoms in total. The standard InChI is InChI=1S/C39H67N11O16/c1-15(2)9-20(40)32(58)45-22(11-26(41)53)34(60)49-29(17(5)6)37(63)48-25(14-51)36(62)46-21(10-16(3)4)33(59)43-18(7)31(57)44-23(13-28(55)56)35(61)50-30(19(8)52)38(64)47-24(39(65)66)12-27(42)54/h15-25,29-30,51-52H,9-14,40H2,1-8H3,(H2,41,53)(H2,42,54)(H,43,59)(H,44,57)(H,45,58)(H,46,62)(H,47,64)(H,48,63)(H,49,60)(H,50,61)(H,55,56)(H,65,66)/t18-,19+,20-,21-,22-,23-,24-,25-,29-,30-/m0/s1. The molecule has 0 aliphatic carbocycles. The first-order chi connectivity index (χ1) is 30.4. The lowest BCUT2D eigenvalue weighted by Crippen LogP contribution is -2.62. The molecular formula is C39H67N11O16. The second-order valence-corrected chi connectivity index (χ2v) is 16.8. The number of hydrogen-bond acceptors (Lipinski definition) is 15. The van der Waals surface area contributed by atoms with Crippen LogP contribution in [0.2, 0.25) is 0 Å². The molecule has 10 amide bonds. The quantitative estimate of drug-likeness (QED) is 0.0318. The molecule has 27 heteroatoms. The molecule has 0 rings (SSSR count). The van der Waals surface area contributed by atoms with Crippen molar-refractivity contribution in [3.63, 3.8) is 0 Å². The van der Waals surface area contributed by atoms with Crippen LogP contribution in [-0.4, -0.2) is 159 Å². The maximum absolute atomic E-state index is 13.5. The fourth-order valence-corrected chi connectivity index (χ4v) is 5.91. The fourth-order valence-electron chi connectivity index (χ4n) is 5.91. The van der Waals surface area contributed by atoms with E-state index in [1.165, 1.54) is 13.8 Å². The largest absolute Gasteiger partial charge is 0.481 e. The summed E-state index contributed by atoms with van der Waals surface area (Å²) < 4.78 is 0. The molecule has 0 fully saturated rings. The van der Waals surface area contributed by atoms with Gasteiger partial charge in [0.25, 0.3) is 0 Å². The molecule has 0 unspecified atom stereocenters. The lowest BCUT2D eigenvalue weighted by molar-refractivity contribution is -0.145. The highest BCUT2D eigenvalue weighted by Crippen LogP contribution is 2.09. The van der Waals surface area contributed by atoms with Crippen molar-refractivity contribution in [2.24, 2.45) is 35.0 Å². The number of aliphatic carboxylic acids is 2. The zero-order chi connectivity index (χ0) is 51.3. The van der Waals surface area contributed by atoms with Gasteiger partial charge in [0.05, 0.1) is 38.0 Å². The lowest BCUT2D eigenvalue weighted by Gasteiger charge is -2.28. The molecule has 0 aromatic heterocycles. The van der Waals surface area contributed by atoms with Crippen LogP contribution in [0.5, 0.6) is 0 Å². The van der Waals surface area contributed by atoms with Gasteiger partial charge in [0, 0.05) is 0 Å². The molecule has 0 spiro atoms. The summed E-state index contributed by atoms with van der Waals surface area (Å²) in [6.45, 7) is 11.1. The molecule has 0 radical (unpaired) electrons. The zero-order valence-electron chi connectivity index (χ0n) is 38.2. The number of primary amides is 2. The molecule has 0 aliphatic heterocycles. The van der Waals surface area contributed by atoms with E-state index < -0.39 is 163 Å². The van der Waals surface area contributed by atoms with E-state index in [1.54, 1.807) is 13.8 Å². The van der Waals surface area contributed by atoms with Crippen LogP contribution >= 0.6 is 0 Å². The Kier molecular flexibility index (Phi) is 25.6. The summed E-state index contributed by atoms with van der Waals surface area (Å²) in [5, 5.41) is 56.8. The number of nitrogens with one attached hydrogen (secondary N) is 8. The van der Waals surface area contributed by atoms with Crippen LogP contribution in [0.3, 0.4) is 0 Å². The Balaban J connectivity index is 6.09. The number of aliphatic hydroxyl groups is 2. The van der Waals surface area contributed by atoms with Gasteiger partial charge in [-0.15, -0.1) is 0 Å². The predicted molar refractivity (Wildman–Crippen MR) is 229 cm³/mol. The Labute approximate surface area is 380 Å². The maximum Gasteiger partial charge on any atom is 0.326 e. The lowest BCUT2D eigenvalue weighted by atomic mass is 10.0. The Hall–Kier alpha value is -6.48. The summed E-state index contributed by atoms with van der Waals surface area (Å²) in [5.41, 5.74) is 16.2. The molecule has 0 bridgehead atoms. The minimum absolute atomic E-state index is 0.0168.